The van der Waals surface area contributed by atoms with Gasteiger partial charge in [0, 0.05) is 53.2 Å². The number of allylic oxidation sites excluding steroid dienone is 2. The zero-order valence-electron chi connectivity index (χ0n) is 37.2. The normalized spacial score (nSPS) is 14.8. The molecule has 0 saturated heterocycles. The maximum atomic E-state index is 5.41. The summed E-state index contributed by atoms with van der Waals surface area (Å²) in [6.07, 6.45) is 8.34. The molecule has 68 heavy (non-hydrogen) atoms. The van der Waals surface area contributed by atoms with Crippen molar-refractivity contribution in [1.82, 2.24) is 9.88 Å². The predicted molar refractivity (Wildman–Crippen MR) is 288 cm³/mol. The number of nitrogens with zero attached hydrogens (tertiary/aromatic N) is 3. The maximum absolute atomic E-state index is 5.41. The van der Waals surface area contributed by atoms with E-state index in [0.29, 0.717) is 0 Å². The van der Waals surface area contributed by atoms with Crippen LogP contribution in [0.15, 0.2) is 246 Å². The molecule has 11 aromatic rings. The van der Waals surface area contributed by atoms with Gasteiger partial charge in [-0.3, -0.25) is 0 Å². The molecular weight excluding hydrogens is 845 g/mol. The molecule has 0 fully saturated rings. The number of aliphatic imine (C=N–C) groups is 2. The quantitative estimate of drug-likeness (QED) is 0.162. The van der Waals surface area contributed by atoms with Crippen LogP contribution in [0.1, 0.15) is 30.1 Å². The molecule has 0 radical (unpaired) electrons. The zero-order chi connectivity index (χ0) is 45.0. The van der Waals surface area contributed by atoms with Crippen LogP contribution in [-0.2, 0) is 0 Å². The number of rotatable bonds is 8. The summed E-state index contributed by atoms with van der Waals surface area (Å²) < 4.78 is 5.13. The fourth-order valence-corrected chi connectivity index (χ4v) is 11.3. The van der Waals surface area contributed by atoms with Crippen LogP contribution in [0.25, 0.3) is 92.2 Å². The first kappa shape index (κ1) is 39.9. The SMILES string of the molecule is C1=CC(C2=NC(c3ccccc3)NC(c3cc(-c4ccc(-c5ccccc5)cc4)c(-n4c5ccccc5c5c6c(ccc54)sc4ccccc46)c(-c4ccc(-c5ccccc5)cc4)c3)=N2)=CCC1. The third-order valence-electron chi connectivity index (χ3n) is 13.5. The van der Waals surface area contributed by atoms with Gasteiger partial charge in [-0.1, -0.05) is 194 Å². The smallest absolute Gasteiger partial charge is 0.159 e. The molecule has 2 aromatic heterocycles. The van der Waals surface area contributed by atoms with E-state index in [1.165, 1.54) is 58.7 Å². The van der Waals surface area contributed by atoms with Crippen LogP contribution in [-0.4, -0.2) is 16.2 Å². The van der Waals surface area contributed by atoms with E-state index in [9.17, 15) is 0 Å². The lowest BCUT2D eigenvalue weighted by Gasteiger charge is -2.26. The average molecular weight is 889 g/mol. The summed E-state index contributed by atoms with van der Waals surface area (Å²) in [5, 5.41) is 8.93. The second kappa shape index (κ2) is 16.8. The van der Waals surface area contributed by atoms with Crippen molar-refractivity contribution >= 4 is 65.0 Å². The number of fused-ring (bicyclic) bond motifs is 7. The third kappa shape index (κ3) is 6.98. The van der Waals surface area contributed by atoms with Crippen LogP contribution in [0, 0.1) is 0 Å². The minimum Gasteiger partial charge on any atom is -0.344 e. The molecule has 0 saturated carbocycles. The Morgan fingerprint density at radius 2 is 1.04 bits per heavy atom. The second-order valence-electron chi connectivity index (χ2n) is 17.6. The molecule has 0 amide bonds. The fourth-order valence-electron chi connectivity index (χ4n) is 10.2. The van der Waals surface area contributed by atoms with Gasteiger partial charge in [-0.05, 0) is 88.2 Å². The van der Waals surface area contributed by atoms with Crippen molar-refractivity contribution < 1.29 is 0 Å². The number of hydrogen-bond donors (Lipinski definition) is 1. The van der Waals surface area contributed by atoms with E-state index < -0.39 is 0 Å². The lowest BCUT2D eigenvalue weighted by Crippen LogP contribution is -2.33. The van der Waals surface area contributed by atoms with E-state index in [4.69, 9.17) is 9.98 Å². The number of benzene rings is 9. The van der Waals surface area contributed by atoms with Crippen LogP contribution < -0.4 is 5.32 Å². The van der Waals surface area contributed by atoms with Crippen LogP contribution >= 0.6 is 11.3 Å². The molecule has 1 atom stereocenters. The summed E-state index contributed by atoms with van der Waals surface area (Å²) in [7, 11) is 0. The molecule has 5 heteroatoms. The van der Waals surface area contributed by atoms with Crippen molar-refractivity contribution in [2.24, 2.45) is 9.98 Å². The summed E-state index contributed by atoms with van der Waals surface area (Å²) in [5.41, 5.74) is 15.7. The van der Waals surface area contributed by atoms with Gasteiger partial charge >= 0.3 is 0 Å². The van der Waals surface area contributed by atoms with Gasteiger partial charge in [0.25, 0.3) is 0 Å². The van der Waals surface area contributed by atoms with Crippen LogP contribution in [0.3, 0.4) is 0 Å². The Hall–Kier alpha value is -8.38. The van der Waals surface area contributed by atoms with E-state index in [1.807, 2.05) is 11.3 Å². The van der Waals surface area contributed by atoms with E-state index in [1.54, 1.807) is 0 Å². The van der Waals surface area contributed by atoms with Crippen molar-refractivity contribution in [1.29, 1.82) is 0 Å². The summed E-state index contributed by atoms with van der Waals surface area (Å²) in [5.74, 6) is 1.53. The molecule has 1 aliphatic carbocycles. The van der Waals surface area contributed by atoms with E-state index in [-0.39, 0.29) is 6.17 Å². The first-order valence-electron chi connectivity index (χ1n) is 23.4. The zero-order valence-corrected chi connectivity index (χ0v) is 38.0. The van der Waals surface area contributed by atoms with Crippen molar-refractivity contribution in [2.45, 2.75) is 19.0 Å². The molecule has 4 nitrogen and oxygen atoms in total. The second-order valence-corrected chi connectivity index (χ2v) is 18.7. The molecule has 2 aliphatic rings. The average Bonchev–Trinajstić information content (AvgIpc) is 3.97. The lowest BCUT2D eigenvalue weighted by molar-refractivity contribution is 0.674. The Bertz CT molecular complexity index is 3730. The highest BCUT2D eigenvalue weighted by Gasteiger charge is 2.27. The Kier molecular flexibility index (Phi) is 9.87. The highest BCUT2D eigenvalue weighted by atomic mass is 32.1. The van der Waals surface area contributed by atoms with Gasteiger partial charge in [0.1, 0.15) is 12.0 Å². The third-order valence-corrected chi connectivity index (χ3v) is 14.6. The van der Waals surface area contributed by atoms with Gasteiger partial charge in [0.15, 0.2) is 5.84 Å². The van der Waals surface area contributed by atoms with Gasteiger partial charge in [0.2, 0.25) is 0 Å². The highest BCUT2D eigenvalue weighted by Crippen LogP contribution is 2.47. The largest absolute Gasteiger partial charge is 0.344 e. The molecule has 1 unspecified atom stereocenters. The van der Waals surface area contributed by atoms with Crippen molar-refractivity contribution in [2.75, 3.05) is 0 Å². The van der Waals surface area contributed by atoms with Crippen LogP contribution in [0.5, 0.6) is 0 Å². The Labute approximate surface area is 399 Å². The summed E-state index contributed by atoms with van der Waals surface area (Å²) in [6, 6.07) is 77.2. The Balaban J connectivity index is 1.12. The van der Waals surface area contributed by atoms with Crippen LogP contribution in [0.4, 0.5) is 0 Å². The predicted octanol–water partition coefficient (Wildman–Crippen LogP) is 16.5. The van der Waals surface area contributed by atoms with Gasteiger partial charge in [-0.2, -0.15) is 0 Å². The molecule has 9 aromatic carbocycles. The molecular formula is C63H44N4S. The fraction of sp³-hybridized carbons (Fsp3) is 0.0476. The molecule has 322 valence electrons. The van der Waals surface area contributed by atoms with Crippen LogP contribution in [0.2, 0.25) is 0 Å². The first-order chi connectivity index (χ1) is 33.7. The monoisotopic (exact) mass is 888 g/mol. The minimum atomic E-state index is -0.322. The first-order valence-corrected chi connectivity index (χ1v) is 24.2. The molecule has 13 rings (SSSR count). The molecule has 3 heterocycles. The number of thiophene rings is 1. The number of amidine groups is 2. The standard InChI is InChI=1S/C63H44N4S/c1-5-17-41(18-6-1)43-29-33-45(34-30-43)52-39-49(63-65-61(47-21-9-3-10-22-47)64-62(66-63)48-23-11-4-12-24-48)40-53(46-35-31-44(32-36-46)42-19-7-2-8-20-42)60(52)67-54-27-15-13-25-50(54)58-55(67)37-38-57-59(58)51-26-14-16-28-56(51)68-57/h1-3,5-11,13-40,61H,4,12H2,(H,64,65,66). The molecule has 1 N–H and O–H groups in total. The summed E-state index contributed by atoms with van der Waals surface area (Å²) in [4.78, 5) is 10.7. The van der Waals surface area contributed by atoms with Crippen molar-refractivity contribution in [3.8, 4) is 50.2 Å². The van der Waals surface area contributed by atoms with Gasteiger partial charge in [-0.15, -0.1) is 11.3 Å². The Morgan fingerprint density at radius 3 is 1.69 bits per heavy atom. The molecule has 0 spiro atoms. The van der Waals surface area contributed by atoms with Crippen molar-refractivity contribution in [3.05, 3.63) is 247 Å². The number of para-hydroxylation sites is 1. The summed E-state index contributed by atoms with van der Waals surface area (Å²) >= 11 is 1.87. The number of hydrogen-bond acceptors (Lipinski definition) is 4. The topological polar surface area (TPSA) is 41.7 Å². The minimum absolute atomic E-state index is 0.322. The van der Waals surface area contributed by atoms with Gasteiger partial charge in [-0.25, -0.2) is 9.98 Å². The lowest BCUT2D eigenvalue weighted by atomic mass is 9.90. The number of aromatic nitrogens is 1. The van der Waals surface area contributed by atoms with Crippen molar-refractivity contribution in [3.63, 3.8) is 0 Å². The molecule has 1 aliphatic heterocycles. The van der Waals surface area contributed by atoms with E-state index in [2.05, 4.69) is 240 Å². The van der Waals surface area contributed by atoms with Gasteiger partial charge in [0.05, 0.1) is 16.7 Å². The summed E-state index contributed by atoms with van der Waals surface area (Å²) in [6.45, 7) is 0. The van der Waals surface area contributed by atoms with E-state index >= 15 is 0 Å². The molecule has 0 bridgehead atoms. The maximum Gasteiger partial charge on any atom is 0.159 e. The highest BCUT2D eigenvalue weighted by molar-refractivity contribution is 7.26. The number of nitrogens with one attached hydrogen (secondary N) is 1. The Morgan fingerprint density at radius 1 is 0.471 bits per heavy atom. The van der Waals surface area contributed by atoms with Gasteiger partial charge < -0.3 is 9.88 Å². The van der Waals surface area contributed by atoms with E-state index in [0.717, 1.165) is 74.7 Å².